The number of nitrogens with zero attached hydrogens (tertiary/aromatic N) is 1. The lowest BCUT2D eigenvalue weighted by atomic mass is 10.1. The van der Waals surface area contributed by atoms with Gasteiger partial charge in [0.2, 0.25) is 0 Å². The van der Waals surface area contributed by atoms with Gasteiger partial charge in [-0.05, 0) is 48.9 Å². The van der Waals surface area contributed by atoms with Crippen LogP contribution in [0.1, 0.15) is 15.9 Å². The van der Waals surface area contributed by atoms with Crippen LogP contribution in [0.25, 0.3) is 0 Å². The number of ether oxygens (including phenoxy) is 1. The molecule has 110 valence electrons. The van der Waals surface area contributed by atoms with Crippen LogP contribution in [-0.4, -0.2) is 24.9 Å². The van der Waals surface area contributed by atoms with Gasteiger partial charge in [-0.15, -0.1) is 0 Å². The Morgan fingerprint density at radius 1 is 1.19 bits per heavy atom. The van der Waals surface area contributed by atoms with Crippen LogP contribution in [0.2, 0.25) is 5.02 Å². The van der Waals surface area contributed by atoms with Gasteiger partial charge in [-0.2, -0.15) is 0 Å². The van der Waals surface area contributed by atoms with E-state index in [2.05, 4.69) is 0 Å². The van der Waals surface area contributed by atoms with E-state index in [-0.39, 0.29) is 5.91 Å². The molecule has 2 rings (SSSR count). The van der Waals surface area contributed by atoms with Gasteiger partial charge in [0.25, 0.3) is 5.91 Å². The Labute approximate surface area is 129 Å². The van der Waals surface area contributed by atoms with Crippen molar-refractivity contribution in [2.24, 2.45) is 0 Å². The number of rotatable bonds is 3. The van der Waals surface area contributed by atoms with Gasteiger partial charge in [0, 0.05) is 24.7 Å². The highest BCUT2D eigenvalue weighted by molar-refractivity contribution is 6.31. The normalized spacial score (nSPS) is 10.3. The van der Waals surface area contributed by atoms with Crippen molar-refractivity contribution in [3.05, 3.63) is 52.5 Å². The Morgan fingerprint density at radius 3 is 2.48 bits per heavy atom. The van der Waals surface area contributed by atoms with Crippen LogP contribution in [0.3, 0.4) is 0 Å². The van der Waals surface area contributed by atoms with Gasteiger partial charge in [0.05, 0.1) is 5.69 Å². The van der Waals surface area contributed by atoms with Crippen molar-refractivity contribution in [3.8, 4) is 11.5 Å². The quantitative estimate of drug-likeness (QED) is 0.879. The summed E-state index contributed by atoms with van der Waals surface area (Å²) in [6, 6.07) is 10.4. The monoisotopic (exact) mass is 304 g/mol. The van der Waals surface area contributed by atoms with E-state index in [0.29, 0.717) is 27.8 Å². The Bertz CT molecular complexity index is 684. The molecular weight excluding hydrogens is 288 g/mol. The number of benzene rings is 2. The van der Waals surface area contributed by atoms with Crippen LogP contribution in [0.5, 0.6) is 11.5 Å². The molecule has 0 bridgehead atoms. The number of carbonyl (C=O) groups is 1. The topological polar surface area (TPSA) is 55.6 Å². The van der Waals surface area contributed by atoms with Crippen LogP contribution >= 0.6 is 11.6 Å². The molecule has 0 aromatic heterocycles. The highest BCUT2D eigenvalue weighted by Gasteiger charge is 2.11. The summed E-state index contributed by atoms with van der Waals surface area (Å²) >= 11 is 5.98. The molecule has 2 aromatic rings. The Morgan fingerprint density at radius 2 is 1.90 bits per heavy atom. The zero-order chi connectivity index (χ0) is 15.6. The molecule has 0 saturated heterocycles. The maximum atomic E-state index is 11.9. The summed E-state index contributed by atoms with van der Waals surface area (Å²) < 4.78 is 5.73. The zero-order valence-electron chi connectivity index (χ0n) is 12.2. The standard InChI is InChI=1S/C16H17ClN2O2/c1-10-8-12(5-6-13(10)17)21-15-7-4-11(9-14(15)18)16(20)19(2)3/h4-9H,18H2,1-3H3. The van der Waals surface area contributed by atoms with Gasteiger partial charge in [-0.1, -0.05) is 11.6 Å². The third kappa shape index (κ3) is 3.47. The third-order valence-electron chi connectivity index (χ3n) is 3.02. The van der Waals surface area contributed by atoms with Gasteiger partial charge in [-0.25, -0.2) is 0 Å². The lowest BCUT2D eigenvalue weighted by Crippen LogP contribution is -2.21. The maximum absolute atomic E-state index is 11.9. The summed E-state index contributed by atoms with van der Waals surface area (Å²) in [5.41, 5.74) is 7.81. The molecule has 0 unspecified atom stereocenters. The van der Waals surface area contributed by atoms with Crippen molar-refractivity contribution in [2.75, 3.05) is 19.8 Å². The van der Waals surface area contributed by atoms with E-state index in [4.69, 9.17) is 22.1 Å². The fourth-order valence-corrected chi connectivity index (χ4v) is 1.96. The van der Waals surface area contributed by atoms with E-state index in [0.717, 1.165) is 5.56 Å². The molecule has 0 aliphatic carbocycles. The van der Waals surface area contributed by atoms with E-state index in [1.165, 1.54) is 4.90 Å². The van der Waals surface area contributed by atoms with E-state index in [1.807, 2.05) is 13.0 Å². The van der Waals surface area contributed by atoms with Gasteiger partial charge in [0.1, 0.15) is 11.5 Å². The predicted octanol–water partition coefficient (Wildman–Crippen LogP) is 3.72. The Balaban J connectivity index is 2.25. The lowest BCUT2D eigenvalue weighted by molar-refractivity contribution is 0.0827. The summed E-state index contributed by atoms with van der Waals surface area (Å²) in [7, 11) is 3.39. The van der Waals surface area contributed by atoms with Crippen LogP contribution < -0.4 is 10.5 Å². The molecule has 0 saturated carbocycles. The van der Waals surface area contributed by atoms with Crippen LogP contribution in [0.15, 0.2) is 36.4 Å². The number of carbonyl (C=O) groups excluding carboxylic acids is 1. The molecular formula is C16H17ClN2O2. The van der Waals surface area contributed by atoms with Crippen molar-refractivity contribution in [1.29, 1.82) is 0 Å². The summed E-state index contributed by atoms with van der Waals surface area (Å²) in [4.78, 5) is 13.4. The van der Waals surface area contributed by atoms with Gasteiger partial charge in [0.15, 0.2) is 0 Å². The molecule has 0 spiro atoms. The second-order valence-electron chi connectivity index (χ2n) is 4.97. The minimum absolute atomic E-state index is 0.101. The number of hydrogen-bond acceptors (Lipinski definition) is 3. The van der Waals surface area contributed by atoms with Gasteiger partial charge in [-0.3, -0.25) is 4.79 Å². The van der Waals surface area contributed by atoms with E-state index >= 15 is 0 Å². The molecule has 1 amide bonds. The summed E-state index contributed by atoms with van der Waals surface area (Å²) in [6.07, 6.45) is 0. The molecule has 0 radical (unpaired) electrons. The second-order valence-corrected chi connectivity index (χ2v) is 5.37. The first kappa shape index (κ1) is 15.2. The van der Waals surface area contributed by atoms with Gasteiger partial charge >= 0.3 is 0 Å². The highest BCUT2D eigenvalue weighted by Crippen LogP contribution is 2.30. The first-order chi connectivity index (χ1) is 9.88. The number of anilines is 1. The summed E-state index contributed by atoms with van der Waals surface area (Å²) in [5, 5.41) is 0.683. The number of amides is 1. The average molecular weight is 305 g/mol. The number of hydrogen-bond donors (Lipinski definition) is 1. The largest absolute Gasteiger partial charge is 0.455 e. The third-order valence-corrected chi connectivity index (χ3v) is 3.44. The minimum Gasteiger partial charge on any atom is -0.455 e. The van der Waals surface area contributed by atoms with Crippen molar-refractivity contribution in [3.63, 3.8) is 0 Å². The molecule has 0 heterocycles. The van der Waals surface area contributed by atoms with Crippen LogP contribution in [0, 0.1) is 6.92 Å². The second kappa shape index (κ2) is 6.06. The molecule has 2 N–H and O–H groups in total. The first-order valence-corrected chi connectivity index (χ1v) is 6.81. The number of halogens is 1. The number of nitrogens with two attached hydrogens (primary N) is 1. The van der Waals surface area contributed by atoms with Crippen molar-refractivity contribution in [2.45, 2.75) is 6.92 Å². The lowest BCUT2D eigenvalue weighted by Gasteiger charge is -2.13. The van der Waals surface area contributed by atoms with Crippen molar-refractivity contribution in [1.82, 2.24) is 4.90 Å². The van der Waals surface area contributed by atoms with E-state index in [1.54, 1.807) is 44.4 Å². The fraction of sp³-hybridized carbons (Fsp3) is 0.188. The molecule has 2 aromatic carbocycles. The van der Waals surface area contributed by atoms with Crippen LogP contribution in [0.4, 0.5) is 5.69 Å². The Hall–Kier alpha value is -2.20. The molecule has 0 atom stereocenters. The maximum Gasteiger partial charge on any atom is 0.253 e. The predicted molar refractivity (Wildman–Crippen MR) is 85.1 cm³/mol. The minimum atomic E-state index is -0.101. The number of aryl methyl sites for hydroxylation is 1. The molecule has 0 aliphatic rings. The summed E-state index contributed by atoms with van der Waals surface area (Å²) in [6.45, 7) is 1.90. The molecule has 5 heteroatoms. The smallest absolute Gasteiger partial charge is 0.253 e. The molecule has 4 nitrogen and oxygen atoms in total. The van der Waals surface area contributed by atoms with Crippen LogP contribution in [-0.2, 0) is 0 Å². The highest BCUT2D eigenvalue weighted by atomic mass is 35.5. The molecule has 21 heavy (non-hydrogen) atoms. The first-order valence-electron chi connectivity index (χ1n) is 6.43. The van der Waals surface area contributed by atoms with Crippen molar-refractivity contribution >= 4 is 23.2 Å². The Kier molecular flexibility index (Phi) is 4.38. The van der Waals surface area contributed by atoms with Gasteiger partial charge < -0.3 is 15.4 Å². The van der Waals surface area contributed by atoms with E-state index in [9.17, 15) is 4.79 Å². The summed E-state index contributed by atoms with van der Waals surface area (Å²) in [5.74, 6) is 1.05. The van der Waals surface area contributed by atoms with Crippen molar-refractivity contribution < 1.29 is 9.53 Å². The SMILES string of the molecule is Cc1cc(Oc2ccc(C(=O)N(C)C)cc2N)ccc1Cl. The fourth-order valence-electron chi connectivity index (χ4n) is 1.84. The zero-order valence-corrected chi connectivity index (χ0v) is 12.9. The molecule has 0 aliphatic heterocycles. The molecule has 0 fully saturated rings. The van der Waals surface area contributed by atoms with E-state index < -0.39 is 0 Å². The average Bonchev–Trinajstić information content (AvgIpc) is 2.44. The number of nitrogen functional groups attached to an aromatic ring is 1.